The molecule has 0 aromatic heterocycles. The lowest BCUT2D eigenvalue weighted by Gasteiger charge is -2.32. The van der Waals surface area contributed by atoms with Crippen molar-refractivity contribution in [2.24, 2.45) is 4.99 Å². The highest BCUT2D eigenvalue weighted by Crippen LogP contribution is 2.30. The molecule has 1 amide bonds. The number of carbonyl (C=O) groups is 1. The van der Waals surface area contributed by atoms with Crippen LogP contribution in [0.15, 0.2) is 40.2 Å². The molecule has 0 bridgehead atoms. The molecular formula is C15H17N3OS. The highest BCUT2D eigenvalue weighted by atomic mass is 32.2. The number of amides is 1. The maximum absolute atomic E-state index is 12.0. The number of piperazine rings is 1. The van der Waals surface area contributed by atoms with E-state index in [2.05, 4.69) is 21.8 Å². The summed E-state index contributed by atoms with van der Waals surface area (Å²) >= 11 is 1.49. The van der Waals surface area contributed by atoms with Gasteiger partial charge in [0.25, 0.3) is 5.91 Å². The van der Waals surface area contributed by atoms with Crippen molar-refractivity contribution in [3.05, 3.63) is 40.8 Å². The summed E-state index contributed by atoms with van der Waals surface area (Å²) in [5.41, 5.74) is 1.04. The Hall–Kier alpha value is -1.59. The SMILES string of the molecule is CN1CCN(C2=NC(=O)C(=Cc3ccccc3)S2)CC1. The highest BCUT2D eigenvalue weighted by Gasteiger charge is 2.27. The first-order valence-corrected chi connectivity index (χ1v) is 7.55. The molecule has 0 spiro atoms. The van der Waals surface area contributed by atoms with Gasteiger partial charge >= 0.3 is 0 Å². The van der Waals surface area contributed by atoms with Crippen molar-refractivity contribution < 1.29 is 4.79 Å². The van der Waals surface area contributed by atoms with Gasteiger partial charge in [0, 0.05) is 26.2 Å². The minimum Gasteiger partial charge on any atom is -0.348 e. The molecule has 0 radical (unpaired) electrons. The number of aliphatic imine (C=N–C) groups is 1. The maximum atomic E-state index is 12.0. The number of carbonyl (C=O) groups excluding carboxylic acids is 1. The third kappa shape index (κ3) is 2.94. The Morgan fingerprint density at radius 1 is 1.15 bits per heavy atom. The summed E-state index contributed by atoms with van der Waals surface area (Å²) in [6.07, 6.45) is 1.92. The number of benzene rings is 1. The van der Waals surface area contributed by atoms with Crippen LogP contribution in [0.1, 0.15) is 5.56 Å². The van der Waals surface area contributed by atoms with E-state index in [9.17, 15) is 4.79 Å². The van der Waals surface area contributed by atoms with Crippen LogP contribution in [0.4, 0.5) is 0 Å². The summed E-state index contributed by atoms with van der Waals surface area (Å²) in [4.78, 5) is 21.4. The summed E-state index contributed by atoms with van der Waals surface area (Å²) in [5.74, 6) is -0.118. The van der Waals surface area contributed by atoms with Crippen LogP contribution in [0.3, 0.4) is 0 Å². The predicted molar refractivity (Wildman–Crippen MR) is 83.5 cm³/mol. The lowest BCUT2D eigenvalue weighted by Crippen LogP contribution is -2.46. The van der Waals surface area contributed by atoms with E-state index in [1.54, 1.807) is 0 Å². The van der Waals surface area contributed by atoms with Gasteiger partial charge in [-0.3, -0.25) is 4.79 Å². The Labute approximate surface area is 123 Å². The molecule has 4 nitrogen and oxygen atoms in total. The van der Waals surface area contributed by atoms with Gasteiger partial charge in [0.05, 0.1) is 4.91 Å². The van der Waals surface area contributed by atoms with Crippen molar-refractivity contribution in [2.75, 3.05) is 33.2 Å². The lowest BCUT2D eigenvalue weighted by molar-refractivity contribution is -0.113. The number of amidine groups is 1. The molecule has 1 aromatic rings. The van der Waals surface area contributed by atoms with Crippen LogP contribution < -0.4 is 0 Å². The van der Waals surface area contributed by atoms with E-state index in [-0.39, 0.29) is 5.91 Å². The standard InChI is InChI=1S/C15H17N3OS/c1-17-7-9-18(10-8-17)15-16-14(19)13(20-15)11-12-5-3-2-4-6-12/h2-6,11H,7-10H2,1H3. The molecular weight excluding hydrogens is 270 g/mol. The summed E-state index contributed by atoms with van der Waals surface area (Å²) in [7, 11) is 2.12. The molecule has 0 N–H and O–H groups in total. The fourth-order valence-corrected chi connectivity index (χ4v) is 3.20. The van der Waals surface area contributed by atoms with E-state index < -0.39 is 0 Å². The van der Waals surface area contributed by atoms with Crippen molar-refractivity contribution in [3.63, 3.8) is 0 Å². The zero-order valence-electron chi connectivity index (χ0n) is 11.5. The molecule has 5 heteroatoms. The van der Waals surface area contributed by atoms with E-state index in [0.717, 1.165) is 36.9 Å². The largest absolute Gasteiger partial charge is 0.348 e. The third-order valence-electron chi connectivity index (χ3n) is 3.48. The minimum atomic E-state index is -0.118. The van der Waals surface area contributed by atoms with Crippen molar-refractivity contribution >= 4 is 28.9 Å². The van der Waals surface area contributed by atoms with E-state index in [1.807, 2.05) is 36.4 Å². The van der Waals surface area contributed by atoms with Crippen molar-refractivity contribution in [1.82, 2.24) is 9.80 Å². The van der Waals surface area contributed by atoms with E-state index in [0.29, 0.717) is 4.91 Å². The highest BCUT2D eigenvalue weighted by molar-refractivity contribution is 8.18. The van der Waals surface area contributed by atoms with Gasteiger partial charge in [-0.1, -0.05) is 30.3 Å². The lowest BCUT2D eigenvalue weighted by atomic mass is 10.2. The van der Waals surface area contributed by atoms with Crippen LogP contribution in [-0.2, 0) is 4.79 Å². The first-order valence-electron chi connectivity index (χ1n) is 6.73. The molecule has 1 aromatic carbocycles. The zero-order chi connectivity index (χ0) is 13.9. The first kappa shape index (κ1) is 13.4. The van der Waals surface area contributed by atoms with Gasteiger partial charge in [-0.05, 0) is 30.4 Å². The van der Waals surface area contributed by atoms with Crippen LogP contribution in [-0.4, -0.2) is 54.1 Å². The van der Waals surface area contributed by atoms with Crippen molar-refractivity contribution in [1.29, 1.82) is 0 Å². The molecule has 0 unspecified atom stereocenters. The molecule has 2 aliphatic rings. The topological polar surface area (TPSA) is 35.9 Å². The number of rotatable bonds is 1. The molecule has 3 rings (SSSR count). The fraction of sp³-hybridized carbons (Fsp3) is 0.333. The summed E-state index contributed by atoms with van der Waals surface area (Å²) in [6.45, 7) is 3.92. The molecule has 0 atom stereocenters. The minimum absolute atomic E-state index is 0.118. The zero-order valence-corrected chi connectivity index (χ0v) is 12.3. The van der Waals surface area contributed by atoms with Gasteiger partial charge in [-0.2, -0.15) is 4.99 Å². The Morgan fingerprint density at radius 2 is 1.85 bits per heavy atom. The number of hydrogen-bond donors (Lipinski definition) is 0. The van der Waals surface area contributed by atoms with Crippen LogP contribution in [0.5, 0.6) is 0 Å². The van der Waals surface area contributed by atoms with Gasteiger partial charge in [0.15, 0.2) is 5.17 Å². The Morgan fingerprint density at radius 3 is 2.55 bits per heavy atom. The Balaban J connectivity index is 1.71. The van der Waals surface area contributed by atoms with Crippen molar-refractivity contribution in [3.8, 4) is 0 Å². The summed E-state index contributed by atoms with van der Waals surface area (Å²) in [5, 5.41) is 0.852. The van der Waals surface area contributed by atoms with E-state index >= 15 is 0 Å². The van der Waals surface area contributed by atoms with Crippen LogP contribution in [0.25, 0.3) is 6.08 Å². The van der Waals surface area contributed by atoms with E-state index in [4.69, 9.17) is 0 Å². The van der Waals surface area contributed by atoms with Gasteiger partial charge in [0.1, 0.15) is 0 Å². The molecule has 1 fully saturated rings. The molecule has 0 saturated carbocycles. The fourth-order valence-electron chi connectivity index (χ4n) is 2.23. The Kier molecular flexibility index (Phi) is 3.89. The van der Waals surface area contributed by atoms with Crippen LogP contribution >= 0.6 is 11.8 Å². The maximum Gasteiger partial charge on any atom is 0.286 e. The smallest absolute Gasteiger partial charge is 0.286 e. The second kappa shape index (κ2) is 5.81. The third-order valence-corrected chi connectivity index (χ3v) is 4.52. The second-order valence-electron chi connectivity index (χ2n) is 5.01. The van der Waals surface area contributed by atoms with Crippen LogP contribution in [0.2, 0.25) is 0 Å². The Bertz CT molecular complexity index is 560. The van der Waals surface area contributed by atoms with Gasteiger partial charge in [0.2, 0.25) is 0 Å². The quantitative estimate of drug-likeness (QED) is 0.739. The van der Waals surface area contributed by atoms with E-state index in [1.165, 1.54) is 11.8 Å². The summed E-state index contributed by atoms with van der Waals surface area (Å²) < 4.78 is 0. The average molecular weight is 287 g/mol. The predicted octanol–water partition coefficient (Wildman–Crippen LogP) is 1.90. The average Bonchev–Trinajstić information content (AvgIpc) is 2.82. The normalized spacial score (nSPS) is 22.4. The van der Waals surface area contributed by atoms with Gasteiger partial charge in [-0.15, -0.1) is 0 Å². The number of likely N-dealkylation sites (N-methyl/N-ethyl adjacent to an activating group) is 1. The number of thioether (sulfide) groups is 1. The second-order valence-corrected chi connectivity index (χ2v) is 6.02. The molecule has 1 saturated heterocycles. The molecule has 104 valence electrons. The molecule has 20 heavy (non-hydrogen) atoms. The monoisotopic (exact) mass is 287 g/mol. The van der Waals surface area contributed by atoms with Crippen LogP contribution in [0, 0.1) is 0 Å². The van der Waals surface area contributed by atoms with Gasteiger partial charge < -0.3 is 9.80 Å². The molecule has 2 heterocycles. The number of nitrogens with zero attached hydrogens (tertiary/aromatic N) is 3. The first-order chi connectivity index (χ1) is 9.72. The number of hydrogen-bond acceptors (Lipinski definition) is 4. The van der Waals surface area contributed by atoms with Crippen molar-refractivity contribution in [2.45, 2.75) is 0 Å². The summed E-state index contributed by atoms with van der Waals surface area (Å²) in [6, 6.07) is 9.90. The molecule has 2 aliphatic heterocycles. The molecule has 0 aliphatic carbocycles. The van der Waals surface area contributed by atoms with Gasteiger partial charge in [-0.25, -0.2) is 0 Å².